The van der Waals surface area contributed by atoms with Gasteiger partial charge in [0.25, 0.3) is 0 Å². The summed E-state index contributed by atoms with van der Waals surface area (Å²) in [7, 11) is 0. The van der Waals surface area contributed by atoms with E-state index < -0.39 is 11.6 Å². The van der Waals surface area contributed by atoms with Gasteiger partial charge in [0, 0.05) is 24.8 Å². The van der Waals surface area contributed by atoms with Crippen molar-refractivity contribution >= 4 is 11.7 Å². The monoisotopic (exact) mass is 251 g/mol. The summed E-state index contributed by atoms with van der Waals surface area (Å²) >= 11 is 0. The highest BCUT2D eigenvalue weighted by molar-refractivity contribution is 5.87. The Balaban J connectivity index is 2.19. The molecule has 2 aromatic rings. The zero-order chi connectivity index (χ0) is 13.1. The van der Waals surface area contributed by atoms with E-state index in [1.54, 1.807) is 6.07 Å². The molecule has 1 aromatic heterocycles. The molecule has 2 rings (SSSR count). The number of halogens is 2. The Morgan fingerprint density at radius 1 is 1.33 bits per heavy atom. The van der Waals surface area contributed by atoms with Crippen molar-refractivity contribution in [2.45, 2.75) is 13.5 Å². The van der Waals surface area contributed by atoms with Gasteiger partial charge in [0.1, 0.15) is 11.6 Å². The van der Waals surface area contributed by atoms with Crippen LogP contribution in [0.2, 0.25) is 0 Å². The number of nitrogens with one attached hydrogen (secondary N) is 1. The van der Waals surface area contributed by atoms with E-state index in [1.807, 2.05) is 0 Å². The first kappa shape index (κ1) is 12.2. The van der Waals surface area contributed by atoms with Crippen molar-refractivity contribution in [3.05, 3.63) is 47.7 Å². The van der Waals surface area contributed by atoms with Crippen molar-refractivity contribution in [2.75, 3.05) is 5.32 Å². The number of carbonyl (C=O) groups excluding carboxylic acids is 1. The molecule has 1 N–H and O–H groups in total. The summed E-state index contributed by atoms with van der Waals surface area (Å²) < 4.78 is 28.2. The van der Waals surface area contributed by atoms with Gasteiger partial charge >= 0.3 is 0 Å². The van der Waals surface area contributed by atoms with E-state index in [0.717, 1.165) is 0 Å². The molecule has 18 heavy (non-hydrogen) atoms. The Kier molecular flexibility index (Phi) is 3.36. The highest BCUT2D eigenvalue weighted by Gasteiger charge is 2.09. The Morgan fingerprint density at radius 2 is 2.00 bits per heavy atom. The average Bonchev–Trinajstić information content (AvgIpc) is 2.70. The van der Waals surface area contributed by atoms with E-state index in [9.17, 15) is 13.6 Å². The SMILES string of the molecule is CC(=O)Nc1ccn(Cc2c(F)cccc2F)n1. The van der Waals surface area contributed by atoms with Gasteiger partial charge in [-0.2, -0.15) is 5.10 Å². The van der Waals surface area contributed by atoms with Gasteiger partial charge in [0.05, 0.1) is 6.54 Å². The molecule has 94 valence electrons. The lowest BCUT2D eigenvalue weighted by molar-refractivity contribution is -0.114. The number of benzene rings is 1. The zero-order valence-corrected chi connectivity index (χ0v) is 9.65. The average molecular weight is 251 g/mol. The molecule has 4 nitrogen and oxygen atoms in total. The molecule has 0 bridgehead atoms. The van der Waals surface area contributed by atoms with Crippen LogP contribution in [0.4, 0.5) is 14.6 Å². The van der Waals surface area contributed by atoms with Crippen molar-refractivity contribution in [3.8, 4) is 0 Å². The van der Waals surface area contributed by atoms with Crippen LogP contribution in [0.3, 0.4) is 0 Å². The molecule has 0 aliphatic heterocycles. The van der Waals surface area contributed by atoms with Crippen LogP contribution in [-0.2, 0) is 11.3 Å². The van der Waals surface area contributed by atoms with Crippen molar-refractivity contribution in [3.63, 3.8) is 0 Å². The predicted octanol–water partition coefficient (Wildman–Crippen LogP) is 2.17. The standard InChI is InChI=1S/C12H11F2N3O/c1-8(18)15-12-5-6-17(16-12)7-9-10(13)3-2-4-11(9)14/h2-6H,7H2,1H3,(H,15,16,18). The molecule has 1 aromatic carbocycles. The number of aromatic nitrogens is 2. The van der Waals surface area contributed by atoms with Crippen LogP contribution < -0.4 is 5.32 Å². The van der Waals surface area contributed by atoms with E-state index in [0.29, 0.717) is 5.82 Å². The van der Waals surface area contributed by atoms with Gasteiger partial charge in [0.15, 0.2) is 5.82 Å². The molecule has 1 amide bonds. The molecule has 0 saturated heterocycles. The Bertz CT molecular complexity index is 560. The Hall–Kier alpha value is -2.24. The Morgan fingerprint density at radius 3 is 2.61 bits per heavy atom. The topological polar surface area (TPSA) is 46.9 Å². The summed E-state index contributed by atoms with van der Waals surface area (Å²) in [5.74, 6) is -1.14. The Labute approximate surface area is 102 Å². The molecule has 0 unspecified atom stereocenters. The summed E-state index contributed by atoms with van der Waals surface area (Å²) in [6, 6.07) is 5.24. The summed E-state index contributed by atoms with van der Waals surface area (Å²) in [6.45, 7) is 1.33. The quantitative estimate of drug-likeness (QED) is 0.908. The molecular weight excluding hydrogens is 240 g/mol. The van der Waals surface area contributed by atoms with Crippen LogP contribution in [0.1, 0.15) is 12.5 Å². The van der Waals surface area contributed by atoms with Gasteiger partial charge in [0.2, 0.25) is 5.91 Å². The summed E-state index contributed by atoms with van der Waals surface area (Å²) in [6.07, 6.45) is 1.54. The molecule has 1 heterocycles. The summed E-state index contributed by atoms with van der Waals surface area (Å²) in [5.41, 5.74) is -0.0602. The number of rotatable bonds is 3. The second-order valence-corrected chi connectivity index (χ2v) is 3.78. The van der Waals surface area contributed by atoms with E-state index in [2.05, 4.69) is 10.4 Å². The largest absolute Gasteiger partial charge is 0.309 e. The molecule has 0 saturated carbocycles. The minimum Gasteiger partial charge on any atom is -0.309 e. The summed E-state index contributed by atoms with van der Waals surface area (Å²) in [5, 5.41) is 6.46. The van der Waals surface area contributed by atoms with Crippen LogP contribution in [0, 0.1) is 11.6 Å². The van der Waals surface area contributed by atoms with Gasteiger partial charge in [-0.1, -0.05) is 6.07 Å². The second kappa shape index (κ2) is 4.95. The van der Waals surface area contributed by atoms with Crippen molar-refractivity contribution in [2.24, 2.45) is 0 Å². The number of amides is 1. The lowest BCUT2D eigenvalue weighted by atomic mass is 10.2. The molecule has 0 aliphatic rings. The van der Waals surface area contributed by atoms with Gasteiger partial charge in [-0.25, -0.2) is 8.78 Å². The van der Waals surface area contributed by atoms with E-state index in [4.69, 9.17) is 0 Å². The van der Waals surface area contributed by atoms with Crippen LogP contribution in [0.5, 0.6) is 0 Å². The zero-order valence-electron chi connectivity index (χ0n) is 9.65. The molecular formula is C12H11F2N3O. The number of nitrogens with zero attached hydrogens (tertiary/aromatic N) is 2. The van der Waals surface area contributed by atoms with E-state index >= 15 is 0 Å². The van der Waals surface area contributed by atoms with Crippen molar-refractivity contribution in [1.82, 2.24) is 9.78 Å². The minimum absolute atomic E-state index is 0.0297. The molecule has 0 radical (unpaired) electrons. The normalized spacial score (nSPS) is 10.4. The van der Waals surface area contributed by atoms with Crippen LogP contribution in [0.15, 0.2) is 30.5 Å². The molecule has 0 spiro atoms. The third-order valence-electron chi connectivity index (χ3n) is 2.33. The van der Waals surface area contributed by atoms with E-state index in [1.165, 1.54) is 36.0 Å². The molecule has 0 fully saturated rings. The second-order valence-electron chi connectivity index (χ2n) is 3.78. The lowest BCUT2D eigenvalue weighted by Crippen LogP contribution is -2.09. The van der Waals surface area contributed by atoms with Crippen LogP contribution >= 0.6 is 0 Å². The first-order valence-electron chi connectivity index (χ1n) is 5.30. The predicted molar refractivity (Wildman–Crippen MR) is 62.0 cm³/mol. The fourth-order valence-corrected chi connectivity index (χ4v) is 1.54. The van der Waals surface area contributed by atoms with Crippen molar-refractivity contribution in [1.29, 1.82) is 0 Å². The number of anilines is 1. The third-order valence-corrected chi connectivity index (χ3v) is 2.33. The fourth-order valence-electron chi connectivity index (χ4n) is 1.54. The van der Waals surface area contributed by atoms with Crippen LogP contribution in [-0.4, -0.2) is 15.7 Å². The first-order chi connectivity index (χ1) is 8.56. The maximum atomic E-state index is 13.4. The maximum Gasteiger partial charge on any atom is 0.222 e. The summed E-state index contributed by atoms with van der Waals surface area (Å²) in [4.78, 5) is 10.8. The van der Waals surface area contributed by atoms with Gasteiger partial charge in [-0.15, -0.1) is 0 Å². The number of carbonyl (C=O) groups is 1. The van der Waals surface area contributed by atoms with Crippen LogP contribution in [0.25, 0.3) is 0 Å². The fraction of sp³-hybridized carbons (Fsp3) is 0.167. The minimum atomic E-state index is -0.619. The first-order valence-corrected chi connectivity index (χ1v) is 5.30. The van der Waals surface area contributed by atoms with Gasteiger partial charge in [-0.3, -0.25) is 9.48 Å². The maximum absolute atomic E-state index is 13.4. The molecule has 6 heteroatoms. The van der Waals surface area contributed by atoms with E-state index in [-0.39, 0.29) is 18.0 Å². The van der Waals surface area contributed by atoms with Gasteiger partial charge in [-0.05, 0) is 12.1 Å². The molecule has 0 atom stereocenters. The molecule has 0 aliphatic carbocycles. The third kappa shape index (κ3) is 2.71. The number of hydrogen-bond donors (Lipinski definition) is 1. The highest BCUT2D eigenvalue weighted by Crippen LogP contribution is 2.14. The number of hydrogen-bond acceptors (Lipinski definition) is 2. The lowest BCUT2D eigenvalue weighted by Gasteiger charge is -2.04. The highest BCUT2D eigenvalue weighted by atomic mass is 19.1. The smallest absolute Gasteiger partial charge is 0.222 e. The van der Waals surface area contributed by atoms with Gasteiger partial charge < -0.3 is 5.32 Å². The van der Waals surface area contributed by atoms with Crippen molar-refractivity contribution < 1.29 is 13.6 Å².